The molecule has 0 aliphatic carbocycles. The van der Waals surface area contributed by atoms with Crippen LogP contribution in [-0.4, -0.2) is 29.3 Å². The third kappa shape index (κ3) is 3.46. The third-order valence-corrected chi connectivity index (χ3v) is 4.92. The molecular weight excluding hydrogens is 309 g/mol. The second-order valence-corrected chi connectivity index (χ2v) is 6.14. The maximum Gasteiger partial charge on any atom is 0.391 e. The van der Waals surface area contributed by atoms with Gasteiger partial charge in [0.2, 0.25) is 0 Å². The third-order valence-electron chi connectivity index (χ3n) is 3.57. The average Bonchev–Trinajstić information content (AvgIpc) is 2.83. The monoisotopic (exact) mass is 324 g/mol. The highest BCUT2D eigenvalue weighted by Crippen LogP contribution is 2.43. The van der Waals surface area contributed by atoms with Gasteiger partial charge in [0, 0.05) is 24.0 Å². The first-order valence-electron chi connectivity index (χ1n) is 6.48. The fourth-order valence-electron chi connectivity index (χ4n) is 2.36. The summed E-state index contributed by atoms with van der Waals surface area (Å²) in [7, 11) is 0. The van der Waals surface area contributed by atoms with Crippen molar-refractivity contribution in [1.82, 2.24) is 0 Å². The van der Waals surface area contributed by atoms with E-state index in [4.69, 9.17) is 0 Å². The zero-order valence-electron chi connectivity index (χ0n) is 11.3. The Labute approximate surface area is 123 Å². The minimum absolute atomic E-state index is 0.0669. The molecule has 1 aliphatic rings. The number of nitro groups is 1. The Morgan fingerprint density at radius 2 is 2.05 bits per heavy atom. The minimum atomic E-state index is -4.21. The lowest BCUT2D eigenvalue weighted by molar-refractivity contribution is -0.383. The van der Waals surface area contributed by atoms with E-state index in [0.717, 1.165) is 11.3 Å². The number of alkyl halides is 3. The molecule has 1 aromatic heterocycles. The molecule has 9 heteroatoms. The number of aliphatic hydroxyl groups excluding tert-OH is 1. The van der Waals surface area contributed by atoms with Gasteiger partial charge in [-0.05, 0) is 19.8 Å². The number of thiophene rings is 1. The van der Waals surface area contributed by atoms with Crippen LogP contribution in [0, 0.1) is 16.0 Å². The Morgan fingerprint density at radius 1 is 1.48 bits per heavy atom. The molecule has 1 aromatic rings. The van der Waals surface area contributed by atoms with E-state index >= 15 is 0 Å². The van der Waals surface area contributed by atoms with E-state index in [1.54, 1.807) is 4.90 Å². The number of halogens is 3. The Bertz CT molecular complexity index is 522. The molecule has 0 aromatic carbocycles. The van der Waals surface area contributed by atoms with Gasteiger partial charge in [0.25, 0.3) is 0 Å². The molecule has 0 amide bonds. The van der Waals surface area contributed by atoms with Crippen molar-refractivity contribution in [3.63, 3.8) is 0 Å². The Morgan fingerprint density at radius 3 is 2.48 bits per heavy atom. The maximum atomic E-state index is 12.6. The lowest BCUT2D eigenvalue weighted by atomic mass is 9.96. The van der Waals surface area contributed by atoms with Crippen LogP contribution in [0.25, 0.3) is 0 Å². The van der Waals surface area contributed by atoms with Gasteiger partial charge < -0.3 is 10.0 Å². The van der Waals surface area contributed by atoms with E-state index < -0.39 is 23.1 Å². The molecule has 2 rings (SSSR count). The van der Waals surface area contributed by atoms with Gasteiger partial charge in [-0.2, -0.15) is 13.2 Å². The van der Waals surface area contributed by atoms with Gasteiger partial charge in [0.15, 0.2) is 5.00 Å². The first kappa shape index (κ1) is 16.0. The predicted molar refractivity (Wildman–Crippen MR) is 72.6 cm³/mol. The highest BCUT2D eigenvalue weighted by molar-refractivity contribution is 7.16. The summed E-state index contributed by atoms with van der Waals surface area (Å²) in [6.45, 7) is 1.75. The molecule has 0 saturated carbocycles. The number of rotatable bonds is 3. The normalized spacial score (nSPS) is 18.8. The molecule has 5 nitrogen and oxygen atoms in total. The summed E-state index contributed by atoms with van der Waals surface area (Å²) in [4.78, 5) is 12.5. The maximum absolute atomic E-state index is 12.6. The SMILES string of the molecule is C[C@@H](O)c1cc([N+](=O)[O-])c(N2CCC(C(F)(F)F)CC2)s1. The van der Waals surface area contributed by atoms with Crippen molar-refractivity contribution in [2.24, 2.45) is 5.92 Å². The summed E-state index contributed by atoms with van der Waals surface area (Å²) < 4.78 is 37.9. The van der Waals surface area contributed by atoms with Crippen LogP contribution in [0.15, 0.2) is 6.07 Å². The van der Waals surface area contributed by atoms with Gasteiger partial charge in [-0.1, -0.05) is 0 Å². The van der Waals surface area contributed by atoms with E-state index in [0.29, 0.717) is 9.88 Å². The first-order valence-corrected chi connectivity index (χ1v) is 7.29. The molecule has 0 spiro atoms. The molecule has 1 fully saturated rings. The number of anilines is 1. The smallest absolute Gasteiger partial charge is 0.388 e. The summed E-state index contributed by atoms with van der Waals surface area (Å²) in [5, 5.41) is 20.9. The van der Waals surface area contributed by atoms with Crippen molar-refractivity contribution in [1.29, 1.82) is 0 Å². The molecule has 21 heavy (non-hydrogen) atoms. The molecule has 1 saturated heterocycles. The fraction of sp³-hybridized carbons (Fsp3) is 0.667. The molecule has 1 N–H and O–H groups in total. The van der Waals surface area contributed by atoms with Gasteiger partial charge in [-0.15, -0.1) is 11.3 Å². The predicted octanol–water partition coefficient (Wildman–Crippen LogP) is 3.49. The standard InChI is InChI=1S/C12H15F3N2O3S/c1-7(18)10-6-9(17(19)20)11(21-10)16-4-2-8(3-5-16)12(13,14)15/h6-8,18H,2-5H2,1H3/t7-/m1/s1. The van der Waals surface area contributed by atoms with Crippen molar-refractivity contribution in [2.45, 2.75) is 32.0 Å². The minimum Gasteiger partial charge on any atom is -0.388 e. The van der Waals surface area contributed by atoms with Crippen LogP contribution in [0.4, 0.5) is 23.9 Å². The van der Waals surface area contributed by atoms with Crippen LogP contribution in [0.5, 0.6) is 0 Å². The molecule has 0 bridgehead atoms. The second-order valence-electron chi connectivity index (χ2n) is 5.08. The average molecular weight is 324 g/mol. The lowest BCUT2D eigenvalue weighted by Gasteiger charge is -2.33. The zero-order chi connectivity index (χ0) is 15.8. The Hall–Kier alpha value is -1.35. The zero-order valence-corrected chi connectivity index (χ0v) is 12.1. The summed E-state index contributed by atoms with van der Waals surface area (Å²) in [6.07, 6.45) is -5.18. The molecule has 1 atom stereocenters. The summed E-state index contributed by atoms with van der Waals surface area (Å²) in [5.74, 6) is -1.34. The van der Waals surface area contributed by atoms with E-state index in [9.17, 15) is 28.4 Å². The first-order chi connectivity index (χ1) is 9.70. The lowest BCUT2D eigenvalue weighted by Crippen LogP contribution is -2.38. The Balaban J connectivity index is 2.18. The van der Waals surface area contributed by atoms with Gasteiger partial charge in [0.1, 0.15) is 0 Å². The summed E-state index contributed by atoms with van der Waals surface area (Å²) in [6, 6.07) is 1.29. The molecule has 0 radical (unpaired) electrons. The van der Waals surface area contributed by atoms with E-state index in [1.807, 2.05) is 0 Å². The van der Waals surface area contributed by atoms with E-state index in [-0.39, 0.29) is 31.6 Å². The molecule has 118 valence electrons. The molecular formula is C12H15F3N2O3S. The highest BCUT2D eigenvalue weighted by Gasteiger charge is 2.42. The highest BCUT2D eigenvalue weighted by atomic mass is 32.1. The Kier molecular flexibility index (Phi) is 4.43. The molecule has 1 aliphatic heterocycles. The van der Waals surface area contributed by atoms with Crippen molar-refractivity contribution in [3.05, 3.63) is 21.1 Å². The van der Waals surface area contributed by atoms with Crippen LogP contribution in [0.3, 0.4) is 0 Å². The van der Waals surface area contributed by atoms with Crippen molar-refractivity contribution in [2.75, 3.05) is 18.0 Å². The van der Waals surface area contributed by atoms with E-state index in [2.05, 4.69) is 0 Å². The number of hydrogen-bond donors (Lipinski definition) is 1. The van der Waals surface area contributed by atoms with Crippen LogP contribution < -0.4 is 4.90 Å². The summed E-state index contributed by atoms with van der Waals surface area (Å²) >= 11 is 1.06. The van der Waals surface area contributed by atoms with E-state index in [1.165, 1.54) is 13.0 Å². The molecule has 0 unspecified atom stereocenters. The number of nitrogens with zero attached hydrogens (tertiary/aromatic N) is 2. The number of aliphatic hydroxyl groups is 1. The largest absolute Gasteiger partial charge is 0.391 e. The quantitative estimate of drug-likeness (QED) is 0.683. The van der Waals surface area contributed by atoms with Crippen LogP contribution in [0.1, 0.15) is 30.7 Å². The topological polar surface area (TPSA) is 66.6 Å². The van der Waals surface area contributed by atoms with Crippen LogP contribution in [0.2, 0.25) is 0 Å². The second kappa shape index (κ2) is 5.80. The van der Waals surface area contributed by atoms with Gasteiger partial charge in [-0.25, -0.2) is 0 Å². The van der Waals surface area contributed by atoms with Crippen LogP contribution in [-0.2, 0) is 0 Å². The van der Waals surface area contributed by atoms with Gasteiger partial charge >= 0.3 is 11.9 Å². The number of hydrogen-bond acceptors (Lipinski definition) is 5. The van der Waals surface area contributed by atoms with Crippen molar-refractivity contribution >= 4 is 22.0 Å². The van der Waals surface area contributed by atoms with Gasteiger partial charge in [0.05, 0.1) is 16.9 Å². The summed E-state index contributed by atoms with van der Waals surface area (Å²) in [5.41, 5.74) is -0.152. The van der Waals surface area contributed by atoms with Crippen LogP contribution >= 0.6 is 11.3 Å². The fourth-order valence-corrected chi connectivity index (χ4v) is 3.48. The number of piperidine rings is 1. The van der Waals surface area contributed by atoms with Crippen molar-refractivity contribution < 1.29 is 23.2 Å². The van der Waals surface area contributed by atoms with Gasteiger partial charge in [-0.3, -0.25) is 10.1 Å². The molecule has 2 heterocycles. The van der Waals surface area contributed by atoms with Crippen molar-refractivity contribution in [3.8, 4) is 0 Å².